The lowest BCUT2D eigenvalue weighted by Gasteiger charge is -2.21. The lowest BCUT2D eigenvalue weighted by Crippen LogP contribution is -2.32. The molecule has 0 saturated carbocycles. The molecule has 0 spiro atoms. The molecule has 104 valence electrons. The van der Waals surface area contributed by atoms with Crippen molar-refractivity contribution in [2.75, 3.05) is 20.1 Å². The average molecular weight is 242 g/mol. The second-order valence-electron chi connectivity index (χ2n) is 5.77. The zero-order valence-electron chi connectivity index (χ0n) is 12.5. The van der Waals surface area contributed by atoms with E-state index in [2.05, 4.69) is 32.7 Å². The van der Waals surface area contributed by atoms with Crippen LogP contribution in [0, 0.1) is 5.92 Å². The molecule has 0 heterocycles. The largest absolute Gasteiger partial charge is 0.327 e. The van der Waals surface area contributed by atoms with E-state index in [1.807, 2.05) is 0 Å². The van der Waals surface area contributed by atoms with E-state index in [-0.39, 0.29) is 0 Å². The minimum Gasteiger partial charge on any atom is -0.327 e. The number of nitrogens with two attached hydrogens (primary N) is 1. The smallest absolute Gasteiger partial charge is 0.00740 e. The van der Waals surface area contributed by atoms with Gasteiger partial charge in [0.25, 0.3) is 0 Å². The molecule has 0 aromatic rings. The van der Waals surface area contributed by atoms with E-state index in [1.165, 1.54) is 45.1 Å². The average Bonchev–Trinajstić information content (AvgIpc) is 2.30. The van der Waals surface area contributed by atoms with Gasteiger partial charge in [-0.25, -0.2) is 0 Å². The zero-order chi connectivity index (χ0) is 13.1. The summed E-state index contributed by atoms with van der Waals surface area (Å²) in [5, 5.41) is 0. The summed E-state index contributed by atoms with van der Waals surface area (Å²) in [5.41, 5.74) is 6.05. The Morgan fingerprint density at radius 2 is 1.53 bits per heavy atom. The molecule has 0 aliphatic heterocycles. The van der Waals surface area contributed by atoms with Crippen LogP contribution in [0.4, 0.5) is 0 Å². The van der Waals surface area contributed by atoms with Crippen LogP contribution in [0.2, 0.25) is 0 Å². The van der Waals surface area contributed by atoms with E-state index in [4.69, 9.17) is 5.73 Å². The van der Waals surface area contributed by atoms with Crippen LogP contribution in [0.1, 0.15) is 65.7 Å². The summed E-state index contributed by atoms with van der Waals surface area (Å²) in [7, 11) is 2.22. The Hall–Kier alpha value is -0.0800. The lowest BCUT2D eigenvalue weighted by molar-refractivity contribution is 0.296. The fourth-order valence-corrected chi connectivity index (χ4v) is 1.98. The van der Waals surface area contributed by atoms with Gasteiger partial charge in [-0.3, -0.25) is 0 Å². The topological polar surface area (TPSA) is 29.3 Å². The van der Waals surface area contributed by atoms with Crippen molar-refractivity contribution in [3.8, 4) is 0 Å². The van der Waals surface area contributed by atoms with Gasteiger partial charge in [-0.2, -0.15) is 0 Å². The first-order valence-electron chi connectivity index (χ1n) is 7.52. The molecule has 0 amide bonds. The Balaban J connectivity index is 3.31. The molecule has 2 heteroatoms. The maximum absolute atomic E-state index is 6.05. The molecule has 0 rings (SSSR count). The molecule has 1 unspecified atom stereocenters. The Morgan fingerprint density at radius 3 is 2.12 bits per heavy atom. The van der Waals surface area contributed by atoms with Gasteiger partial charge in [-0.15, -0.1) is 0 Å². The zero-order valence-corrected chi connectivity index (χ0v) is 12.5. The van der Waals surface area contributed by atoms with Crippen LogP contribution in [0.3, 0.4) is 0 Å². The Labute approximate surface area is 109 Å². The third kappa shape index (κ3) is 10.8. The highest BCUT2D eigenvalue weighted by Gasteiger charge is 2.08. The van der Waals surface area contributed by atoms with Crippen LogP contribution in [0.5, 0.6) is 0 Å². The fraction of sp³-hybridized carbons (Fsp3) is 1.00. The van der Waals surface area contributed by atoms with Crippen molar-refractivity contribution < 1.29 is 0 Å². The maximum Gasteiger partial charge on any atom is 0.00740 e. The van der Waals surface area contributed by atoms with Gasteiger partial charge in [0.1, 0.15) is 0 Å². The summed E-state index contributed by atoms with van der Waals surface area (Å²) in [4.78, 5) is 2.43. The Bertz CT molecular complexity index is 157. The molecule has 0 bridgehead atoms. The molecule has 0 aromatic heterocycles. The highest BCUT2D eigenvalue weighted by molar-refractivity contribution is 4.67. The maximum atomic E-state index is 6.05. The summed E-state index contributed by atoms with van der Waals surface area (Å²) in [6, 6.07) is 0.363. The standard InChI is InChI=1S/C15H34N2/c1-5-6-7-8-9-10-12-17(4)13-11-15(16)14(2)3/h14-15H,5-13,16H2,1-4H3. The molecule has 0 radical (unpaired) electrons. The second-order valence-corrected chi connectivity index (χ2v) is 5.77. The van der Waals surface area contributed by atoms with E-state index in [9.17, 15) is 0 Å². The van der Waals surface area contributed by atoms with Gasteiger partial charge in [0.05, 0.1) is 0 Å². The van der Waals surface area contributed by atoms with Gasteiger partial charge in [0.15, 0.2) is 0 Å². The van der Waals surface area contributed by atoms with Crippen molar-refractivity contribution in [3.05, 3.63) is 0 Å². The molecule has 0 fully saturated rings. The van der Waals surface area contributed by atoms with Crippen molar-refractivity contribution in [3.63, 3.8) is 0 Å². The van der Waals surface area contributed by atoms with Gasteiger partial charge < -0.3 is 10.6 Å². The summed E-state index contributed by atoms with van der Waals surface area (Å²) < 4.78 is 0. The van der Waals surface area contributed by atoms with Crippen LogP contribution in [0.25, 0.3) is 0 Å². The molecule has 2 nitrogen and oxygen atoms in total. The third-order valence-electron chi connectivity index (χ3n) is 3.59. The molecule has 1 atom stereocenters. The van der Waals surface area contributed by atoms with Crippen LogP contribution >= 0.6 is 0 Å². The van der Waals surface area contributed by atoms with E-state index < -0.39 is 0 Å². The molecule has 0 aliphatic rings. The molecule has 2 N–H and O–H groups in total. The molecule has 0 aromatic carbocycles. The Morgan fingerprint density at radius 1 is 0.941 bits per heavy atom. The highest BCUT2D eigenvalue weighted by atomic mass is 15.1. The van der Waals surface area contributed by atoms with Crippen LogP contribution in [0.15, 0.2) is 0 Å². The van der Waals surface area contributed by atoms with E-state index in [0.717, 1.165) is 13.0 Å². The molecule has 17 heavy (non-hydrogen) atoms. The van der Waals surface area contributed by atoms with Gasteiger partial charge >= 0.3 is 0 Å². The number of rotatable bonds is 11. The van der Waals surface area contributed by atoms with E-state index >= 15 is 0 Å². The molecular formula is C15H34N2. The SMILES string of the molecule is CCCCCCCCN(C)CCC(N)C(C)C. The normalized spacial score (nSPS) is 13.6. The summed E-state index contributed by atoms with van der Waals surface area (Å²) in [6.45, 7) is 9.06. The van der Waals surface area contributed by atoms with Gasteiger partial charge in [-0.1, -0.05) is 52.9 Å². The summed E-state index contributed by atoms with van der Waals surface area (Å²) in [5.74, 6) is 0.609. The number of hydrogen-bond donors (Lipinski definition) is 1. The number of unbranched alkanes of at least 4 members (excludes halogenated alkanes) is 5. The second kappa shape index (κ2) is 11.0. The molecule has 0 aliphatic carbocycles. The predicted molar refractivity (Wildman–Crippen MR) is 78.3 cm³/mol. The molecular weight excluding hydrogens is 208 g/mol. The van der Waals surface area contributed by atoms with Crippen molar-refractivity contribution in [1.82, 2.24) is 4.90 Å². The van der Waals surface area contributed by atoms with E-state index in [1.54, 1.807) is 0 Å². The Kier molecular flexibility index (Phi) is 11.0. The third-order valence-corrected chi connectivity index (χ3v) is 3.59. The first kappa shape index (κ1) is 16.9. The van der Waals surface area contributed by atoms with Gasteiger partial charge in [0.2, 0.25) is 0 Å². The monoisotopic (exact) mass is 242 g/mol. The number of nitrogens with zero attached hydrogens (tertiary/aromatic N) is 1. The predicted octanol–water partition coefficient (Wildman–Crippen LogP) is 3.65. The summed E-state index contributed by atoms with van der Waals surface area (Å²) in [6.07, 6.45) is 9.43. The van der Waals surface area contributed by atoms with Crippen molar-refractivity contribution in [2.24, 2.45) is 11.7 Å². The number of hydrogen-bond acceptors (Lipinski definition) is 2. The van der Waals surface area contributed by atoms with Crippen LogP contribution in [-0.2, 0) is 0 Å². The lowest BCUT2D eigenvalue weighted by atomic mass is 10.0. The van der Waals surface area contributed by atoms with Gasteiger partial charge in [-0.05, 0) is 38.9 Å². The van der Waals surface area contributed by atoms with Crippen LogP contribution in [-0.4, -0.2) is 31.1 Å². The quantitative estimate of drug-likeness (QED) is 0.560. The van der Waals surface area contributed by atoms with Crippen LogP contribution < -0.4 is 5.73 Å². The van der Waals surface area contributed by atoms with Gasteiger partial charge in [0, 0.05) is 6.04 Å². The summed E-state index contributed by atoms with van der Waals surface area (Å²) >= 11 is 0. The first-order valence-corrected chi connectivity index (χ1v) is 7.52. The van der Waals surface area contributed by atoms with Crippen molar-refractivity contribution >= 4 is 0 Å². The minimum absolute atomic E-state index is 0.363. The minimum atomic E-state index is 0.363. The highest BCUT2D eigenvalue weighted by Crippen LogP contribution is 2.07. The first-order chi connectivity index (χ1) is 8.07. The van der Waals surface area contributed by atoms with Crippen molar-refractivity contribution in [2.45, 2.75) is 71.8 Å². The van der Waals surface area contributed by atoms with Crippen molar-refractivity contribution in [1.29, 1.82) is 0 Å². The molecule has 0 saturated heterocycles. The van der Waals surface area contributed by atoms with E-state index in [0.29, 0.717) is 12.0 Å². The fourth-order valence-electron chi connectivity index (χ4n) is 1.98.